The lowest BCUT2D eigenvalue weighted by atomic mass is 10.0. The minimum absolute atomic E-state index is 0.0517. The van der Waals surface area contributed by atoms with Crippen LogP contribution in [0.4, 0.5) is 0 Å². The van der Waals surface area contributed by atoms with Crippen molar-refractivity contribution in [2.45, 2.75) is 45.5 Å². The summed E-state index contributed by atoms with van der Waals surface area (Å²) in [6, 6.07) is 24.9. The molecule has 3 aromatic carbocycles. The molecule has 3 aromatic rings. The number of halogens is 1. The Kier molecular flexibility index (Phi) is 10.9. The molecule has 0 heterocycles. The average molecular weight is 523 g/mol. The maximum absolute atomic E-state index is 13.7. The molecule has 0 spiro atoms. The number of carbonyl (C=O) groups is 2. The lowest BCUT2D eigenvalue weighted by Crippen LogP contribution is -2.51. The zero-order valence-corrected chi connectivity index (χ0v) is 22.8. The van der Waals surface area contributed by atoms with Gasteiger partial charge in [-0.15, -0.1) is 11.8 Å². The summed E-state index contributed by atoms with van der Waals surface area (Å²) in [6.07, 6.45) is 0.451. The molecule has 0 aliphatic carbocycles. The van der Waals surface area contributed by atoms with Crippen LogP contribution >= 0.6 is 23.4 Å². The van der Waals surface area contributed by atoms with E-state index in [1.807, 2.05) is 66.7 Å². The number of aryl methyl sites for hydroxylation is 1. The Hall–Kier alpha value is -2.76. The first-order valence-corrected chi connectivity index (χ1v) is 13.8. The normalized spacial score (nSPS) is 11.8. The van der Waals surface area contributed by atoms with Crippen molar-refractivity contribution < 1.29 is 9.59 Å². The highest BCUT2D eigenvalue weighted by Crippen LogP contribution is 2.20. The number of nitrogens with zero attached hydrogens (tertiary/aromatic N) is 1. The second-order valence-electron chi connectivity index (χ2n) is 9.41. The van der Waals surface area contributed by atoms with Crippen LogP contribution in [0.25, 0.3) is 0 Å². The van der Waals surface area contributed by atoms with Gasteiger partial charge in [0.15, 0.2) is 0 Å². The fraction of sp³-hybridized carbons (Fsp3) is 0.333. The molecular formula is C30H35ClN2O2S. The maximum atomic E-state index is 13.7. The van der Waals surface area contributed by atoms with E-state index in [1.54, 1.807) is 16.7 Å². The molecule has 0 radical (unpaired) electrons. The van der Waals surface area contributed by atoms with Gasteiger partial charge in [-0.25, -0.2) is 0 Å². The number of amides is 2. The Balaban J connectivity index is 1.84. The van der Waals surface area contributed by atoms with E-state index in [-0.39, 0.29) is 11.8 Å². The second-order valence-corrected chi connectivity index (χ2v) is 10.8. The quantitative estimate of drug-likeness (QED) is 0.304. The van der Waals surface area contributed by atoms with Gasteiger partial charge in [-0.05, 0) is 47.2 Å². The number of nitrogens with one attached hydrogen (secondary N) is 1. The number of hydrogen-bond donors (Lipinski definition) is 1. The van der Waals surface area contributed by atoms with Crippen molar-refractivity contribution in [1.29, 1.82) is 0 Å². The van der Waals surface area contributed by atoms with Crippen LogP contribution in [0, 0.1) is 12.8 Å². The van der Waals surface area contributed by atoms with Crippen molar-refractivity contribution in [1.82, 2.24) is 10.2 Å². The van der Waals surface area contributed by atoms with E-state index in [0.717, 1.165) is 16.9 Å². The lowest BCUT2D eigenvalue weighted by Gasteiger charge is -2.32. The monoisotopic (exact) mass is 522 g/mol. The molecule has 0 aliphatic rings. The Bertz CT molecular complexity index is 1120. The molecule has 0 saturated carbocycles. The van der Waals surface area contributed by atoms with Gasteiger partial charge >= 0.3 is 0 Å². The van der Waals surface area contributed by atoms with Gasteiger partial charge in [0.25, 0.3) is 0 Å². The summed E-state index contributed by atoms with van der Waals surface area (Å²) in [5, 5.41) is 3.70. The average Bonchev–Trinajstić information content (AvgIpc) is 2.87. The highest BCUT2D eigenvalue weighted by molar-refractivity contribution is 7.99. The van der Waals surface area contributed by atoms with E-state index in [2.05, 4.69) is 38.2 Å². The minimum atomic E-state index is -0.617. The molecule has 36 heavy (non-hydrogen) atoms. The summed E-state index contributed by atoms with van der Waals surface area (Å²) in [4.78, 5) is 28.8. The zero-order chi connectivity index (χ0) is 25.9. The van der Waals surface area contributed by atoms with Crippen LogP contribution in [-0.2, 0) is 28.3 Å². The third kappa shape index (κ3) is 8.72. The summed E-state index contributed by atoms with van der Waals surface area (Å²) in [6.45, 7) is 7.11. The van der Waals surface area contributed by atoms with Gasteiger partial charge in [-0.2, -0.15) is 0 Å². The van der Waals surface area contributed by atoms with Gasteiger partial charge in [0, 0.05) is 30.3 Å². The molecule has 0 saturated heterocycles. The highest BCUT2D eigenvalue weighted by Gasteiger charge is 2.30. The van der Waals surface area contributed by atoms with Crippen LogP contribution in [0.3, 0.4) is 0 Å². The third-order valence-corrected chi connectivity index (χ3v) is 7.18. The van der Waals surface area contributed by atoms with Crippen molar-refractivity contribution >= 4 is 35.2 Å². The van der Waals surface area contributed by atoms with Crippen molar-refractivity contribution in [3.8, 4) is 0 Å². The fourth-order valence-electron chi connectivity index (χ4n) is 3.87. The number of rotatable bonds is 12. The van der Waals surface area contributed by atoms with Crippen LogP contribution < -0.4 is 5.32 Å². The summed E-state index contributed by atoms with van der Waals surface area (Å²) in [7, 11) is 0. The van der Waals surface area contributed by atoms with Gasteiger partial charge in [0.1, 0.15) is 6.04 Å². The van der Waals surface area contributed by atoms with Crippen LogP contribution in [0.1, 0.15) is 36.1 Å². The topological polar surface area (TPSA) is 49.4 Å². The van der Waals surface area contributed by atoms with E-state index in [9.17, 15) is 9.59 Å². The SMILES string of the molecule is Cc1ccccc1CSCC(=O)N(Cc1ccc(Cl)cc1)C(Cc1ccccc1)C(=O)NCC(C)C. The van der Waals surface area contributed by atoms with E-state index < -0.39 is 6.04 Å². The van der Waals surface area contributed by atoms with Crippen LogP contribution in [0.2, 0.25) is 5.02 Å². The number of hydrogen-bond acceptors (Lipinski definition) is 3. The van der Waals surface area contributed by atoms with Gasteiger partial charge in [-0.3, -0.25) is 9.59 Å². The Labute approximate surface area is 224 Å². The molecule has 3 rings (SSSR count). The summed E-state index contributed by atoms with van der Waals surface area (Å²) in [5.41, 5.74) is 4.38. The van der Waals surface area contributed by atoms with Crippen LogP contribution in [0.15, 0.2) is 78.9 Å². The first-order chi connectivity index (χ1) is 17.3. The highest BCUT2D eigenvalue weighted by atomic mass is 35.5. The first-order valence-electron chi connectivity index (χ1n) is 12.3. The number of thioether (sulfide) groups is 1. The van der Waals surface area contributed by atoms with E-state index in [1.165, 1.54) is 11.1 Å². The molecule has 1 atom stereocenters. The van der Waals surface area contributed by atoms with Crippen LogP contribution in [0.5, 0.6) is 0 Å². The molecule has 1 unspecified atom stereocenters. The van der Waals surface area contributed by atoms with Crippen molar-refractivity contribution in [3.63, 3.8) is 0 Å². The molecule has 6 heteroatoms. The first kappa shape index (κ1) is 27.8. The van der Waals surface area contributed by atoms with Crippen molar-refractivity contribution in [2.75, 3.05) is 12.3 Å². The largest absolute Gasteiger partial charge is 0.354 e. The number of benzene rings is 3. The molecule has 2 amide bonds. The summed E-state index contributed by atoms with van der Waals surface area (Å²) >= 11 is 7.67. The van der Waals surface area contributed by atoms with E-state index in [4.69, 9.17) is 11.6 Å². The lowest BCUT2D eigenvalue weighted by molar-refractivity contribution is -0.139. The zero-order valence-electron chi connectivity index (χ0n) is 21.2. The second kappa shape index (κ2) is 14.1. The van der Waals surface area contributed by atoms with Gasteiger partial charge < -0.3 is 10.2 Å². The molecule has 4 nitrogen and oxygen atoms in total. The summed E-state index contributed by atoms with van der Waals surface area (Å²) < 4.78 is 0. The molecule has 190 valence electrons. The smallest absolute Gasteiger partial charge is 0.243 e. The Morgan fingerprint density at radius 2 is 1.58 bits per heavy atom. The molecule has 0 bridgehead atoms. The maximum Gasteiger partial charge on any atom is 0.243 e. The molecule has 1 N–H and O–H groups in total. The standard InChI is InChI=1S/C30H35ClN2O2S/c1-22(2)18-32-30(35)28(17-24-10-5-4-6-11-24)33(19-25-13-15-27(31)16-14-25)29(34)21-36-20-26-12-8-7-9-23(26)3/h4-16,22,28H,17-21H2,1-3H3,(H,32,35). The van der Waals surface area contributed by atoms with Crippen molar-refractivity contribution in [2.24, 2.45) is 5.92 Å². The van der Waals surface area contributed by atoms with Crippen molar-refractivity contribution in [3.05, 3.63) is 106 Å². The van der Waals surface area contributed by atoms with E-state index in [0.29, 0.717) is 36.2 Å². The molecule has 0 aliphatic heterocycles. The van der Waals surface area contributed by atoms with Gasteiger partial charge in [0.05, 0.1) is 5.75 Å². The molecule has 0 aromatic heterocycles. The predicted octanol–water partition coefficient (Wildman–Crippen LogP) is 6.29. The van der Waals surface area contributed by atoms with E-state index >= 15 is 0 Å². The predicted molar refractivity (Wildman–Crippen MR) is 151 cm³/mol. The molecule has 0 fully saturated rings. The summed E-state index contributed by atoms with van der Waals surface area (Å²) in [5.74, 6) is 1.18. The third-order valence-electron chi connectivity index (χ3n) is 5.97. The molecular weight excluding hydrogens is 488 g/mol. The number of carbonyl (C=O) groups excluding carboxylic acids is 2. The minimum Gasteiger partial charge on any atom is -0.354 e. The van der Waals surface area contributed by atoms with Gasteiger partial charge in [0.2, 0.25) is 11.8 Å². The fourth-order valence-corrected chi connectivity index (χ4v) is 4.98. The van der Waals surface area contributed by atoms with Crippen LogP contribution in [-0.4, -0.2) is 35.1 Å². The Morgan fingerprint density at radius 3 is 2.25 bits per heavy atom. The Morgan fingerprint density at radius 1 is 0.917 bits per heavy atom. The van der Waals surface area contributed by atoms with Gasteiger partial charge in [-0.1, -0.05) is 92.2 Å².